The van der Waals surface area contributed by atoms with Gasteiger partial charge in [-0.25, -0.2) is 0 Å². The van der Waals surface area contributed by atoms with Crippen molar-refractivity contribution in [3.05, 3.63) is 5.82 Å². The third-order valence-electron chi connectivity index (χ3n) is 1.67. The van der Waals surface area contributed by atoms with Crippen LogP contribution in [0.1, 0.15) is 5.82 Å². The highest BCUT2D eigenvalue weighted by Gasteiger charge is 2.08. The molecule has 1 atom stereocenters. The van der Waals surface area contributed by atoms with Gasteiger partial charge in [0.2, 0.25) is 0 Å². The highest BCUT2D eigenvalue weighted by atomic mass is 32.2. The normalized spacial score (nSPS) is 13.2. The predicted molar refractivity (Wildman–Crippen MR) is 49.6 cm³/mol. The second-order valence-electron chi connectivity index (χ2n) is 2.74. The van der Waals surface area contributed by atoms with E-state index in [1.54, 1.807) is 0 Å². The van der Waals surface area contributed by atoms with Gasteiger partial charge >= 0.3 is 0 Å². The Morgan fingerprint density at radius 3 is 2.69 bits per heavy atom. The number of nitrogens with zero attached hydrogens (tertiary/aromatic N) is 3. The molecule has 0 amide bonds. The standard InChI is InChI=1S/C7H13N3O2S/c1-5-8-9-7(10(5)2)13-4-6(12)3-11/h6,11-12H,3-4H2,1-2H3. The van der Waals surface area contributed by atoms with Gasteiger partial charge in [-0.15, -0.1) is 10.2 Å². The Morgan fingerprint density at radius 1 is 1.54 bits per heavy atom. The lowest BCUT2D eigenvalue weighted by atomic mass is 10.4. The smallest absolute Gasteiger partial charge is 0.191 e. The van der Waals surface area contributed by atoms with Crippen LogP contribution in [0.5, 0.6) is 0 Å². The van der Waals surface area contributed by atoms with Gasteiger partial charge in [-0.2, -0.15) is 0 Å². The van der Waals surface area contributed by atoms with Crippen LogP contribution in [-0.4, -0.2) is 43.4 Å². The molecule has 6 heteroatoms. The van der Waals surface area contributed by atoms with Crippen LogP contribution in [0, 0.1) is 6.92 Å². The number of rotatable bonds is 4. The molecular weight excluding hydrogens is 190 g/mol. The summed E-state index contributed by atoms with van der Waals surface area (Å²) >= 11 is 1.38. The average molecular weight is 203 g/mol. The number of aliphatic hydroxyl groups excluding tert-OH is 2. The lowest BCUT2D eigenvalue weighted by Crippen LogP contribution is -2.15. The summed E-state index contributed by atoms with van der Waals surface area (Å²) in [6, 6.07) is 0. The van der Waals surface area contributed by atoms with Crippen molar-refractivity contribution in [1.29, 1.82) is 0 Å². The summed E-state index contributed by atoms with van der Waals surface area (Å²) in [6.07, 6.45) is -0.693. The van der Waals surface area contributed by atoms with Gasteiger partial charge in [-0.3, -0.25) is 0 Å². The van der Waals surface area contributed by atoms with Gasteiger partial charge < -0.3 is 14.8 Å². The first-order chi connectivity index (χ1) is 6.15. The van der Waals surface area contributed by atoms with Crippen LogP contribution in [0.3, 0.4) is 0 Å². The van der Waals surface area contributed by atoms with Crippen molar-refractivity contribution >= 4 is 11.8 Å². The third-order valence-corrected chi connectivity index (χ3v) is 2.83. The molecule has 5 nitrogen and oxygen atoms in total. The molecule has 1 unspecified atom stereocenters. The summed E-state index contributed by atoms with van der Waals surface area (Å²) in [4.78, 5) is 0. The van der Waals surface area contributed by atoms with Crippen LogP contribution < -0.4 is 0 Å². The lowest BCUT2D eigenvalue weighted by Gasteiger charge is -2.05. The van der Waals surface area contributed by atoms with E-state index in [9.17, 15) is 0 Å². The predicted octanol–water partition coefficient (Wildman–Crippen LogP) is -0.431. The molecule has 0 aromatic carbocycles. The molecule has 0 aliphatic heterocycles. The fraction of sp³-hybridized carbons (Fsp3) is 0.714. The molecule has 74 valence electrons. The van der Waals surface area contributed by atoms with Crippen molar-refractivity contribution in [3.8, 4) is 0 Å². The van der Waals surface area contributed by atoms with Crippen molar-refractivity contribution < 1.29 is 10.2 Å². The average Bonchev–Trinajstić information content (AvgIpc) is 2.44. The summed E-state index contributed by atoms with van der Waals surface area (Å²) in [5, 5.41) is 26.2. The monoisotopic (exact) mass is 203 g/mol. The lowest BCUT2D eigenvalue weighted by molar-refractivity contribution is 0.113. The van der Waals surface area contributed by atoms with E-state index in [1.807, 2.05) is 18.5 Å². The topological polar surface area (TPSA) is 71.2 Å². The SMILES string of the molecule is Cc1nnc(SCC(O)CO)n1C. The van der Waals surface area contributed by atoms with E-state index in [-0.39, 0.29) is 6.61 Å². The fourth-order valence-corrected chi connectivity index (χ4v) is 1.61. The number of thioether (sulfide) groups is 1. The maximum absolute atomic E-state index is 9.09. The summed E-state index contributed by atoms with van der Waals surface area (Å²) < 4.78 is 1.84. The molecule has 0 spiro atoms. The Balaban J connectivity index is 2.50. The van der Waals surface area contributed by atoms with Gasteiger partial charge in [0.1, 0.15) is 5.82 Å². The molecule has 0 radical (unpaired) electrons. The van der Waals surface area contributed by atoms with Crippen LogP contribution in [0.4, 0.5) is 0 Å². The van der Waals surface area contributed by atoms with Crippen LogP contribution >= 0.6 is 11.8 Å². The van der Waals surface area contributed by atoms with Crippen molar-refractivity contribution in [2.24, 2.45) is 7.05 Å². The molecule has 0 saturated carbocycles. The molecule has 1 aromatic rings. The van der Waals surface area contributed by atoms with Crippen molar-refractivity contribution in [3.63, 3.8) is 0 Å². The van der Waals surface area contributed by atoms with E-state index in [0.29, 0.717) is 5.75 Å². The number of aromatic nitrogens is 3. The minimum absolute atomic E-state index is 0.218. The molecule has 1 aromatic heterocycles. The van der Waals surface area contributed by atoms with Gasteiger partial charge in [0.25, 0.3) is 0 Å². The zero-order valence-electron chi connectivity index (χ0n) is 7.64. The molecule has 2 N–H and O–H groups in total. The molecular formula is C7H13N3O2S. The third kappa shape index (κ3) is 2.68. The van der Waals surface area contributed by atoms with Crippen molar-refractivity contribution in [2.45, 2.75) is 18.2 Å². The molecule has 1 rings (SSSR count). The minimum Gasteiger partial charge on any atom is -0.394 e. The quantitative estimate of drug-likeness (QED) is 0.650. The molecule has 0 aliphatic rings. The van der Waals surface area contributed by atoms with Crippen LogP contribution in [0.25, 0.3) is 0 Å². The van der Waals surface area contributed by atoms with Crippen molar-refractivity contribution in [1.82, 2.24) is 14.8 Å². The van der Waals surface area contributed by atoms with Crippen LogP contribution in [-0.2, 0) is 7.05 Å². The summed E-state index contributed by atoms with van der Waals surface area (Å²) in [7, 11) is 1.86. The Morgan fingerprint density at radius 2 is 2.23 bits per heavy atom. The highest BCUT2D eigenvalue weighted by molar-refractivity contribution is 7.99. The van der Waals surface area contributed by atoms with Crippen molar-refractivity contribution in [2.75, 3.05) is 12.4 Å². The van der Waals surface area contributed by atoms with Crippen LogP contribution in [0.15, 0.2) is 5.16 Å². The number of hydrogen-bond acceptors (Lipinski definition) is 5. The second-order valence-corrected chi connectivity index (χ2v) is 3.72. The van der Waals surface area contributed by atoms with Gasteiger partial charge in [0.05, 0.1) is 12.7 Å². The molecule has 0 aliphatic carbocycles. The van der Waals surface area contributed by atoms with E-state index in [0.717, 1.165) is 11.0 Å². The Kier molecular flexibility index (Phi) is 3.71. The summed E-state index contributed by atoms with van der Waals surface area (Å²) in [5.41, 5.74) is 0. The van der Waals surface area contributed by atoms with E-state index in [1.165, 1.54) is 11.8 Å². The Labute approximate surface area is 80.8 Å². The van der Waals surface area contributed by atoms with Gasteiger partial charge in [0, 0.05) is 12.8 Å². The Hall–Kier alpha value is -0.590. The molecule has 1 heterocycles. The van der Waals surface area contributed by atoms with Crippen LogP contribution in [0.2, 0.25) is 0 Å². The molecule has 13 heavy (non-hydrogen) atoms. The maximum Gasteiger partial charge on any atom is 0.191 e. The zero-order valence-corrected chi connectivity index (χ0v) is 8.45. The first-order valence-corrected chi connectivity index (χ1v) is 4.91. The number of aliphatic hydroxyl groups is 2. The van der Waals surface area contributed by atoms with E-state index in [4.69, 9.17) is 10.2 Å². The fourth-order valence-electron chi connectivity index (χ4n) is 0.737. The summed E-state index contributed by atoms with van der Waals surface area (Å²) in [5.74, 6) is 1.27. The zero-order chi connectivity index (χ0) is 9.84. The number of hydrogen-bond donors (Lipinski definition) is 2. The van der Waals surface area contributed by atoms with E-state index in [2.05, 4.69) is 10.2 Å². The first kappa shape index (κ1) is 10.5. The van der Waals surface area contributed by atoms with E-state index >= 15 is 0 Å². The molecule has 0 bridgehead atoms. The van der Waals surface area contributed by atoms with Gasteiger partial charge in [-0.05, 0) is 6.92 Å². The van der Waals surface area contributed by atoms with Gasteiger partial charge in [-0.1, -0.05) is 11.8 Å². The second kappa shape index (κ2) is 4.59. The number of aryl methyl sites for hydroxylation is 1. The Bertz CT molecular complexity index is 277. The summed E-state index contributed by atoms with van der Waals surface area (Å²) in [6.45, 7) is 1.64. The maximum atomic E-state index is 9.09. The van der Waals surface area contributed by atoms with Gasteiger partial charge in [0.15, 0.2) is 5.16 Å². The highest BCUT2D eigenvalue weighted by Crippen LogP contribution is 2.15. The molecule has 0 fully saturated rings. The molecule has 0 saturated heterocycles. The minimum atomic E-state index is -0.693. The largest absolute Gasteiger partial charge is 0.394 e. The van der Waals surface area contributed by atoms with E-state index < -0.39 is 6.10 Å². The first-order valence-electron chi connectivity index (χ1n) is 3.93.